The normalized spacial score (nSPS) is 14.7. The van der Waals surface area contributed by atoms with Gasteiger partial charge in [0.15, 0.2) is 0 Å². The average molecular weight is 366 g/mol. The molecule has 0 fully saturated rings. The second-order valence-corrected chi connectivity index (χ2v) is 7.74. The van der Waals surface area contributed by atoms with Gasteiger partial charge in [0.1, 0.15) is 5.75 Å². The Hall–Kier alpha value is -1.86. The molecule has 0 heterocycles. The lowest BCUT2D eigenvalue weighted by molar-refractivity contribution is 0.0952. The van der Waals surface area contributed by atoms with Crippen molar-refractivity contribution < 1.29 is 17.9 Å². The number of carbonyl (C=O) groups excluding carboxylic acids is 1. The van der Waals surface area contributed by atoms with Crippen molar-refractivity contribution in [3.8, 4) is 5.75 Å². The molecule has 0 atom stereocenters. The summed E-state index contributed by atoms with van der Waals surface area (Å²) < 4.78 is 32.8. The SMILES string of the molecule is CCNC(=O)c1cc(S(=O)(=O)NCCC2=CCCCC2)ccc1OC. The highest BCUT2D eigenvalue weighted by atomic mass is 32.2. The van der Waals surface area contributed by atoms with Crippen LogP contribution in [0, 0.1) is 0 Å². The van der Waals surface area contributed by atoms with Crippen molar-refractivity contribution in [3.63, 3.8) is 0 Å². The van der Waals surface area contributed by atoms with E-state index in [0.29, 0.717) is 18.8 Å². The molecule has 0 spiro atoms. The number of allylic oxidation sites excluding steroid dienone is 1. The number of carbonyl (C=O) groups is 1. The highest BCUT2D eigenvalue weighted by Gasteiger charge is 2.19. The third-order valence-electron chi connectivity index (χ3n) is 4.19. The van der Waals surface area contributed by atoms with Crippen LogP contribution in [0.25, 0.3) is 0 Å². The largest absolute Gasteiger partial charge is 0.496 e. The van der Waals surface area contributed by atoms with Crippen LogP contribution < -0.4 is 14.8 Å². The molecule has 2 N–H and O–H groups in total. The number of amides is 1. The number of nitrogens with one attached hydrogen (secondary N) is 2. The van der Waals surface area contributed by atoms with Crippen molar-refractivity contribution >= 4 is 15.9 Å². The van der Waals surface area contributed by atoms with Crippen molar-refractivity contribution in [2.24, 2.45) is 0 Å². The van der Waals surface area contributed by atoms with Gasteiger partial charge in [0.2, 0.25) is 10.0 Å². The summed E-state index contributed by atoms with van der Waals surface area (Å²) >= 11 is 0. The Morgan fingerprint density at radius 2 is 2.08 bits per heavy atom. The summed E-state index contributed by atoms with van der Waals surface area (Å²) in [5.41, 5.74) is 1.52. The fourth-order valence-corrected chi connectivity index (χ4v) is 3.91. The topological polar surface area (TPSA) is 84.5 Å². The molecule has 138 valence electrons. The van der Waals surface area contributed by atoms with Crippen LogP contribution in [0.1, 0.15) is 49.4 Å². The molecule has 0 radical (unpaired) electrons. The molecule has 6 nitrogen and oxygen atoms in total. The number of sulfonamides is 1. The van der Waals surface area contributed by atoms with Gasteiger partial charge in [0, 0.05) is 13.1 Å². The fourth-order valence-electron chi connectivity index (χ4n) is 2.85. The van der Waals surface area contributed by atoms with Crippen molar-refractivity contribution in [2.75, 3.05) is 20.2 Å². The van der Waals surface area contributed by atoms with Crippen LogP contribution in [-0.4, -0.2) is 34.5 Å². The first kappa shape index (κ1) is 19.5. The molecule has 1 amide bonds. The first-order valence-electron chi connectivity index (χ1n) is 8.61. The molecule has 1 aliphatic carbocycles. The molecule has 2 rings (SSSR count). The number of methoxy groups -OCH3 is 1. The number of benzene rings is 1. The van der Waals surface area contributed by atoms with Crippen LogP contribution in [0.3, 0.4) is 0 Å². The summed E-state index contributed by atoms with van der Waals surface area (Å²) in [5, 5.41) is 2.66. The van der Waals surface area contributed by atoms with Crippen LogP contribution in [0.2, 0.25) is 0 Å². The molecule has 0 aliphatic heterocycles. The molecule has 7 heteroatoms. The summed E-state index contributed by atoms with van der Waals surface area (Å²) in [6.07, 6.45) is 7.44. The van der Waals surface area contributed by atoms with E-state index in [9.17, 15) is 13.2 Å². The van der Waals surface area contributed by atoms with Crippen molar-refractivity contribution in [1.29, 1.82) is 0 Å². The maximum atomic E-state index is 12.5. The molecule has 0 saturated carbocycles. The lowest BCUT2D eigenvalue weighted by Crippen LogP contribution is -2.27. The van der Waals surface area contributed by atoms with Gasteiger partial charge in [-0.2, -0.15) is 0 Å². The van der Waals surface area contributed by atoms with Gasteiger partial charge in [-0.25, -0.2) is 13.1 Å². The van der Waals surface area contributed by atoms with E-state index in [1.165, 1.54) is 43.7 Å². The summed E-state index contributed by atoms with van der Waals surface area (Å²) in [6, 6.07) is 4.30. The number of rotatable bonds is 8. The minimum absolute atomic E-state index is 0.0622. The molecule has 25 heavy (non-hydrogen) atoms. The molecule has 0 unspecified atom stereocenters. The Balaban J connectivity index is 2.11. The number of ether oxygens (including phenoxy) is 1. The average Bonchev–Trinajstić information content (AvgIpc) is 2.62. The van der Waals surface area contributed by atoms with Crippen molar-refractivity contribution in [1.82, 2.24) is 10.0 Å². The Morgan fingerprint density at radius 1 is 1.28 bits per heavy atom. The van der Waals surface area contributed by atoms with Gasteiger partial charge in [0.05, 0.1) is 17.6 Å². The Bertz CT molecular complexity index is 741. The molecule has 1 aromatic carbocycles. The first-order valence-corrected chi connectivity index (χ1v) is 10.1. The van der Waals surface area contributed by atoms with E-state index in [1.54, 1.807) is 6.92 Å². The van der Waals surface area contributed by atoms with E-state index < -0.39 is 10.0 Å². The lowest BCUT2D eigenvalue weighted by atomic mass is 9.97. The Labute approximate surface area is 149 Å². The zero-order valence-electron chi connectivity index (χ0n) is 14.8. The summed E-state index contributed by atoms with van der Waals surface area (Å²) in [5.74, 6) is -0.0129. The van der Waals surface area contributed by atoms with Gasteiger partial charge in [-0.3, -0.25) is 4.79 Å². The Morgan fingerprint density at radius 3 is 2.72 bits per heavy atom. The van der Waals surface area contributed by atoms with E-state index in [1.807, 2.05) is 0 Å². The fraction of sp³-hybridized carbons (Fsp3) is 0.500. The second kappa shape index (κ2) is 9.01. The molecule has 0 aromatic heterocycles. The third-order valence-corrected chi connectivity index (χ3v) is 5.65. The van der Waals surface area contributed by atoms with Crippen molar-refractivity contribution in [2.45, 2.75) is 43.9 Å². The monoisotopic (exact) mass is 366 g/mol. The van der Waals surface area contributed by atoms with Gasteiger partial charge >= 0.3 is 0 Å². The smallest absolute Gasteiger partial charge is 0.255 e. The van der Waals surface area contributed by atoms with E-state index in [-0.39, 0.29) is 16.4 Å². The van der Waals surface area contributed by atoms with Crippen LogP contribution in [0.15, 0.2) is 34.7 Å². The predicted octanol–water partition coefficient (Wildman–Crippen LogP) is 2.61. The Kier molecular flexibility index (Phi) is 7.01. The second-order valence-electron chi connectivity index (χ2n) is 5.98. The molecular weight excluding hydrogens is 340 g/mol. The molecule has 1 aromatic rings. The molecule has 0 bridgehead atoms. The van der Waals surface area contributed by atoms with Crippen LogP contribution in [-0.2, 0) is 10.0 Å². The van der Waals surface area contributed by atoms with Gasteiger partial charge in [0.25, 0.3) is 5.91 Å². The number of hydrogen-bond donors (Lipinski definition) is 2. The first-order chi connectivity index (χ1) is 12.0. The van der Waals surface area contributed by atoms with E-state index in [0.717, 1.165) is 19.3 Å². The zero-order chi connectivity index (χ0) is 18.3. The number of hydrogen-bond acceptors (Lipinski definition) is 4. The van der Waals surface area contributed by atoms with Gasteiger partial charge in [-0.15, -0.1) is 0 Å². The standard InChI is InChI=1S/C18H26N2O4S/c1-3-19-18(21)16-13-15(9-10-17(16)24-2)25(22,23)20-12-11-14-7-5-4-6-8-14/h7,9-10,13,20H,3-6,8,11-12H2,1-2H3,(H,19,21). The van der Waals surface area contributed by atoms with Crippen molar-refractivity contribution in [3.05, 3.63) is 35.4 Å². The summed E-state index contributed by atoms with van der Waals surface area (Å²) in [4.78, 5) is 12.2. The van der Waals surface area contributed by atoms with E-state index in [2.05, 4.69) is 16.1 Å². The summed E-state index contributed by atoms with van der Waals surface area (Å²) in [6.45, 7) is 2.61. The molecule has 1 aliphatic rings. The van der Waals surface area contributed by atoms with Crippen LogP contribution >= 0.6 is 0 Å². The molecule has 0 saturated heterocycles. The van der Waals surface area contributed by atoms with Crippen LogP contribution in [0.4, 0.5) is 0 Å². The highest BCUT2D eigenvalue weighted by molar-refractivity contribution is 7.89. The molecular formula is C18H26N2O4S. The zero-order valence-corrected chi connectivity index (χ0v) is 15.6. The quantitative estimate of drug-likeness (QED) is 0.693. The lowest BCUT2D eigenvalue weighted by Gasteiger charge is -2.14. The van der Waals surface area contributed by atoms with Gasteiger partial charge in [-0.05, 0) is 57.2 Å². The van der Waals surface area contributed by atoms with E-state index in [4.69, 9.17) is 4.74 Å². The highest BCUT2D eigenvalue weighted by Crippen LogP contribution is 2.23. The van der Waals surface area contributed by atoms with Crippen LogP contribution in [0.5, 0.6) is 5.75 Å². The van der Waals surface area contributed by atoms with E-state index >= 15 is 0 Å². The van der Waals surface area contributed by atoms with Gasteiger partial charge in [-0.1, -0.05) is 11.6 Å². The minimum Gasteiger partial charge on any atom is -0.496 e. The maximum absolute atomic E-state index is 12.5. The maximum Gasteiger partial charge on any atom is 0.255 e. The predicted molar refractivity (Wildman–Crippen MR) is 97.4 cm³/mol. The van der Waals surface area contributed by atoms with Gasteiger partial charge < -0.3 is 10.1 Å². The minimum atomic E-state index is -3.67. The third kappa shape index (κ3) is 5.31. The summed E-state index contributed by atoms with van der Waals surface area (Å²) in [7, 11) is -2.22.